The van der Waals surface area contributed by atoms with E-state index in [9.17, 15) is 0 Å². The van der Waals surface area contributed by atoms with E-state index in [1.165, 1.54) is 40.4 Å². The smallest absolute Gasteiger partial charge is 0.0443 e. The quantitative estimate of drug-likeness (QED) is 0.895. The molecular formula is C20H23N3. The molecule has 0 spiro atoms. The number of anilines is 1. The molecule has 2 heterocycles. The fourth-order valence-corrected chi connectivity index (χ4v) is 3.50. The number of aromatic nitrogens is 1. The van der Waals surface area contributed by atoms with E-state index in [0.29, 0.717) is 6.04 Å². The molecule has 0 amide bonds. The van der Waals surface area contributed by atoms with Crippen molar-refractivity contribution < 1.29 is 0 Å². The fourth-order valence-electron chi connectivity index (χ4n) is 3.50. The molecule has 1 aliphatic carbocycles. The Bertz CT molecular complexity index is 755. The van der Waals surface area contributed by atoms with Crippen molar-refractivity contribution in [2.45, 2.75) is 31.7 Å². The molecule has 4 rings (SSSR count). The first-order valence-electron chi connectivity index (χ1n) is 8.62. The number of nitrogens with one attached hydrogen (secondary N) is 2. The summed E-state index contributed by atoms with van der Waals surface area (Å²) >= 11 is 0. The van der Waals surface area contributed by atoms with E-state index in [-0.39, 0.29) is 0 Å². The lowest BCUT2D eigenvalue weighted by atomic mass is 9.96. The van der Waals surface area contributed by atoms with Crippen molar-refractivity contribution in [3.8, 4) is 0 Å². The highest BCUT2D eigenvalue weighted by molar-refractivity contribution is 5.97. The van der Waals surface area contributed by atoms with Crippen LogP contribution in [0.4, 0.5) is 5.69 Å². The summed E-state index contributed by atoms with van der Waals surface area (Å²) in [6, 6.07) is 7.24. The summed E-state index contributed by atoms with van der Waals surface area (Å²) in [6.45, 7) is 2.20. The first-order chi connectivity index (χ1) is 11.4. The molecule has 0 atom stereocenters. The van der Waals surface area contributed by atoms with Gasteiger partial charge in [0.05, 0.1) is 0 Å². The number of nitrogens with zero attached hydrogens (tertiary/aromatic N) is 1. The Morgan fingerprint density at radius 2 is 2.04 bits per heavy atom. The molecule has 3 nitrogen and oxygen atoms in total. The number of pyridine rings is 1. The van der Waals surface area contributed by atoms with Gasteiger partial charge in [0.2, 0.25) is 0 Å². The van der Waals surface area contributed by atoms with Gasteiger partial charge >= 0.3 is 0 Å². The highest BCUT2D eigenvalue weighted by Gasteiger charge is 2.15. The lowest BCUT2D eigenvalue weighted by Crippen LogP contribution is -2.35. The van der Waals surface area contributed by atoms with E-state index in [1.807, 2.05) is 12.4 Å². The second-order valence-corrected chi connectivity index (χ2v) is 6.43. The van der Waals surface area contributed by atoms with Crippen LogP contribution in [0.5, 0.6) is 0 Å². The maximum Gasteiger partial charge on any atom is 0.0443 e. The summed E-state index contributed by atoms with van der Waals surface area (Å²) in [5, 5.41) is 9.68. The van der Waals surface area contributed by atoms with E-state index < -0.39 is 0 Å². The van der Waals surface area contributed by atoms with Crippen LogP contribution < -0.4 is 10.6 Å². The summed E-state index contributed by atoms with van der Waals surface area (Å²) in [5.74, 6) is 0. The zero-order chi connectivity index (χ0) is 15.5. The van der Waals surface area contributed by atoms with Crippen LogP contribution in [0.1, 0.15) is 31.2 Å². The second-order valence-electron chi connectivity index (χ2n) is 6.43. The van der Waals surface area contributed by atoms with Crippen molar-refractivity contribution in [1.82, 2.24) is 10.3 Å². The lowest BCUT2D eigenvalue weighted by molar-refractivity contribution is 0.479. The molecule has 1 saturated heterocycles. The summed E-state index contributed by atoms with van der Waals surface area (Å²) < 4.78 is 0. The Balaban J connectivity index is 1.74. The van der Waals surface area contributed by atoms with E-state index >= 15 is 0 Å². The number of rotatable bonds is 3. The number of benzene rings is 1. The molecule has 2 N–H and O–H groups in total. The number of hydrogen-bond acceptors (Lipinski definition) is 3. The first-order valence-corrected chi connectivity index (χ1v) is 8.62. The molecule has 1 aromatic heterocycles. The number of allylic oxidation sites excluding steroid dienone is 4. The van der Waals surface area contributed by atoms with Crippen LogP contribution >= 0.6 is 0 Å². The van der Waals surface area contributed by atoms with Crippen LogP contribution in [-0.2, 0) is 0 Å². The monoisotopic (exact) mass is 305 g/mol. The van der Waals surface area contributed by atoms with Crippen LogP contribution in [-0.4, -0.2) is 24.1 Å². The molecule has 0 radical (unpaired) electrons. The summed E-state index contributed by atoms with van der Waals surface area (Å²) in [4.78, 5) is 4.33. The standard InChI is InChI=1S/C20H23N3/c1-2-4-15(5-3-1)17-12-16-6-9-22-14-19(16)20(13-17)23-18-7-10-21-11-8-18/h2,4-6,9,12-14,18,21,23H,1,3,7-8,10-11H2. The Kier molecular flexibility index (Phi) is 4.12. The van der Waals surface area contributed by atoms with Gasteiger partial charge in [0.1, 0.15) is 0 Å². The molecule has 118 valence electrons. The fraction of sp³-hybridized carbons (Fsp3) is 0.350. The van der Waals surface area contributed by atoms with E-state index in [1.54, 1.807) is 0 Å². The van der Waals surface area contributed by atoms with Gasteiger partial charge in [0.25, 0.3) is 0 Å². The molecule has 0 bridgehead atoms. The maximum atomic E-state index is 4.33. The third-order valence-electron chi connectivity index (χ3n) is 4.78. The minimum Gasteiger partial charge on any atom is -0.382 e. The molecule has 23 heavy (non-hydrogen) atoms. The number of hydrogen-bond donors (Lipinski definition) is 2. The van der Waals surface area contributed by atoms with Gasteiger partial charge in [-0.1, -0.05) is 18.2 Å². The third-order valence-corrected chi connectivity index (χ3v) is 4.78. The second kappa shape index (κ2) is 6.55. The Hall–Kier alpha value is -2.13. The predicted octanol–water partition coefficient (Wildman–Crippen LogP) is 4.13. The van der Waals surface area contributed by atoms with E-state index in [2.05, 4.69) is 52.0 Å². The molecule has 1 aliphatic heterocycles. The van der Waals surface area contributed by atoms with E-state index in [0.717, 1.165) is 25.9 Å². The average molecular weight is 305 g/mol. The molecule has 3 heteroatoms. The van der Waals surface area contributed by atoms with Crippen LogP contribution in [0.2, 0.25) is 0 Å². The Morgan fingerprint density at radius 3 is 2.87 bits per heavy atom. The topological polar surface area (TPSA) is 37.0 Å². The van der Waals surface area contributed by atoms with Gasteiger partial charge < -0.3 is 10.6 Å². The predicted molar refractivity (Wildman–Crippen MR) is 97.6 cm³/mol. The molecule has 0 saturated carbocycles. The van der Waals surface area contributed by atoms with Gasteiger partial charge in [-0.25, -0.2) is 0 Å². The van der Waals surface area contributed by atoms with Crippen molar-refractivity contribution in [1.29, 1.82) is 0 Å². The first kappa shape index (κ1) is 14.5. The van der Waals surface area contributed by atoms with Gasteiger partial charge in [-0.15, -0.1) is 0 Å². The van der Waals surface area contributed by atoms with Crippen molar-refractivity contribution in [2.75, 3.05) is 18.4 Å². The number of piperidine rings is 1. The zero-order valence-corrected chi connectivity index (χ0v) is 13.4. The van der Waals surface area contributed by atoms with Crippen molar-refractivity contribution in [2.24, 2.45) is 0 Å². The van der Waals surface area contributed by atoms with Gasteiger partial charge in [0, 0.05) is 29.5 Å². The molecule has 1 aromatic carbocycles. The van der Waals surface area contributed by atoms with Crippen molar-refractivity contribution in [3.63, 3.8) is 0 Å². The highest BCUT2D eigenvalue weighted by atomic mass is 15.0. The SMILES string of the molecule is C1=CC(c2cc(NC3CCNCC3)c3cnccc3c2)=CCC1. The molecule has 0 unspecified atom stereocenters. The Labute approximate surface area is 137 Å². The summed E-state index contributed by atoms with van der Waals surface area (Å²) in [6.07, 6.45) is 15.4. The largest absolute Gasteiger partial charge is 0.382 e. The van der Waals surface area contributed by atoms with Crippen LogP contribution in [0.3, 0.4) is 0 Å². The van der Waals surface area contributed by atoms with Gasteiger partial charge in [0.15, 0.2) is 0 Å². The minimum atomic E-state index is 0.547. The number of fused-ring (bicyclic) bond motifs is 1. The van der Waals surface area contributed by atoms with Crippen molar-refractivity contribution in [3.05, 3.63) is 54.4 Å². The van der Waals surface area contributed by atoms with Crippen LogP contribution in [0.25, 0.3) is 16.3 Å². The maximum absolute atomic E-state index is 4.33. The van der Waals surface area contributed by atoms with Gasteiger partial charge in [-0.05, 0) is 73.5 Å². The van der Waals surface area contributed by atoms with Crippen LogP contribution in [0.15, 0.2) is 48.8 Å². The van der Waals surface area contributed by atoms with Crippen molar-refractivity contribution >= 4 is 22.0 Å². The molecule has 1 fully saturated rings. The average Bonchev–Trinajstić information content (AvgIpc) is 2.63. The summed E-state index contributed by atoms with van der Waals surface area (Å²) in [5.41, 5.74) is 3.86. The van der Waals surface area contributed by atoms with Crippen LogP contribution in [0, 0.1) is 0 Å². The zero-order valence-electron chi connectivity index (χ0n) is 13.4. The molecule has 2 aromatic rings. The molecule has 2 aliphatic rings. The summed E-state index contributed by atoms with van der Waals surface area (Å²) in [7, 11) is 0. The Morgan fingerprint density at radius 1 is 1.13 bits per heavy atom. The van der Waals surface area contributed by atoms with E-state index in [4.69, 9.17) is 0 Å². The normalized spacial score (nSPS) is 18.9. The van der Waals surface area contributed by atoms with Gasteiger partial charge in [-0.2, -0.15) is 0 Å². The third kappa shape index (κ3) is 3.15. The highest BCUT2D eigenvalue weighted by Crippen LogP contribution is 2.31. The molecular weight excluding hydrogens is 282 g/mol. The minimum absolute atomic E-state index is 0.547. The lowest BCUT2D eigenvalue weighted by Gasteiger charge is -2.26. The van der Waals surface area contributed by atoms with Gasteiger partial charge in [-0.3, -0.25) is 4.98 Å².